The molecular weight excluding hydrogens is 284 g/mol. The number of ether oxygens (including phenoxy) is 2. The average molecular weight is 299 g/mol. The van der Waals surface area contributed by atoms with Crippen molar-refractivity contribution in [3.8, 4) is 11.5 Å². The van der Waals surface area contributed by atoms with Crippen LogP contribution in [0.5, 0.6) is 11.5 Å². The van der Waals surface area contributed by atoms with Gasteiger partial charge in [-0.2, -0.15) is 0 Å². The molecule has 0 aliphatic carbocycles. The third-order valence-corrected chi connectivity index (χ3v) is 2.65. The van der Waals surface area contributed by atoms with Crippen molar-refractivity contribution >= 4 is 21.7 Å². The molecule has 1 rings (SSSR count). The number of allylic oxidation sites excluding steroid dienone is 1. The van der Waals surface area contributed by atoms with Crippen LogP contribution in [0.2, 0.25) is 0 Å². The van der Waals surface area contributed by atoms with Crippen molar-refractivity contribution in [3.05, 3.63) is 35.9 Å². The quantitative estimate of drug-likeness (QED) is 0.473. The van der Waals surface area contributed by atoms with Crippen LogP contribution in [0.1, 0.15) is 24.2 Å². The van der Waals surface area contributed by atoms with E-state index in [9.17, 15) is 4.79 Å². The number of hydrogen-bond donors (Lipinski definition) is 0. The van der Waals surface area contributed by atoms with Gasteiger partial charge in [0.15, 0.2) is 22.3 Å². The number of carbonyl (C=O) groups excluding carboxylic acids is 1. The average Bonchev–Trinajstić information content (AvgIpc) is 2.29. The molecule has 0 saturated heterocycles. The van der Waals surface area contributed by atoms with E-state index in [4.69, 9.17) is 9.47 Å². The summed E-state index contributed by atoms with van der Waals surface area (Å²) in [4.78, 5) is 11.2. The van der Waals surface area contributed by atoms with Gasteiger partial charge in [0.1, 0.15) is 0 Å². The minimum Gasteiger partial charge on any atom is -0.493 e. The van der Waals surface area contributed by atoms with Crippen LogP contribution in [-0.2, 0) is 0 Å². The number of ketones is 1. The molecule has 0 radical (unpaired) electrons. The monoisotopic (exact) mass is 298 g/mol. The highest BCUT2D eigenvalue weighted by atomic mass is 79.9. The smallest absolute Gasteiger partial charge is 0.171 e. The summed E-state index contributed by atoms with van der Waals surface area (Å²) in [5.41, 5.74) is 0.603. The van der Waals surface area contributed by atoms with Crippen LogP contribution in [0, 0.1) is 0 Å². The Bertz CT molecular complexity index is 427. The third-order valence-electron chi connectivity index (χ3n) is 2.15. The number of rotatable bonds is 5. The Morgan fingerprint density at radius 1 is 1.41 bits per heavy atom. The predicted octanol–water partition coefficient (Wildman–Crippen LogP) is 3.57. The highest BCUT2D eigenvalue weighted by molar-refractivity contribution is 9.09. The Morgan fingerprint density at radius 2 is 2.12 bits per heavy atom. The minimum absolute atomic E-state index is 0.00121. The Balaban J connectivity index is 2.96. The van der Waals surface area contributed by atoms with Crippen LogP contribution in [0.3, 0.4) is 0 Å². The summed E-state index contributed by atoms with van der Waals surface area (Å²) in [5.74, 6) is 1.14. The van der Waals surface area contributed by atoms with Crippen LogP contribution in [-0.4, -0.2) is 17.9 Å². The first-order chi connectivity index (χ1) is 8.08. The summed E-state index contributed by atoms with van der Waals surface area (Å²) in [6.45, 7) is 3.43. The zero-order chi connectivity index (χ0) is 12.8. The van der Waals surface area contributed by atoms with E-state index in [2.05, 4.69) is 15.9 Å². The van der Waals surface area contributed by atoms with E-state index in [0.717, 1.165) is 0 Å². The standard InChI is InChI=1S/C13H15BrO3/c1-4-5-13(14)17-11-7-6-10(9(2)15)8-12(11)16-3/h4-8,13H,1-3H3. The molecule has 0 aliphatic rings. The molecule has 0 heterocycles. The number of carbonyl (C=O) groups is 1. The van der Waals surface area contributed by atoms with Crippen LogP contribution in [0.4, 0.5) is 0 Å². The van der Waals surface area contributed by atoms with E-state index in [-0.39, 0.29) is 10.8 Å². The molecule has 17 heavy (non-hydrogen) atoms. The first-order valence-corrected chi connectivity index (χ1v) is 6.12. The molecule has 3 nitrogen and oxygen atoms in total. The highest BCUT2D eigenvalue weighted by Gasteiger charge is 2.10. The molecule has 1 aromatic carbocycles. The van der Waals surface area contributed by atoms with Crippen LogP contribution in [0.25, 0.3) is 0 Å². The van der Waals surface area contributed by atoms with Crippen LogP contribution in [0.15, 0.2) is 30.4 Å². The fourth-order valence-electron chi connectivity index (χ4n) is 1.30. The topological polar surface area (TPSA) is 35.5 Å². The van der Waals surface area contributed by atoms with Crippen molar-refractivity contribution in [1.29, 1.82) is 0 Å². The second-order valence-corrected chi connectivity index (χ2v) is 4.32. The first kappa shape index (κ1) is 13.8. The minimum atomic E-state index is -0.218. The van der Waals surface area contributed by atoms with Crippen molar-refractivity contribution in [2.45, 2.75) is 18.9 Å². The Labute approximate surface area is 110 Å². The van der Waals surface area contributed by atoms with Crippen molar-refractivity contribution in [2.75, 3.05) is 7.11 Å². The van der Waals surface area contributed by atoms with Crippen LogP contribution >= 0.6 is 15.9 Å². The van der Waals surface area contributed by atoms with E-state index < -0.39 is 0 Å². The number of Topliss-reactive ketones (excluding diaryl/α,β-unsaturated/α-hetero) is 1. The number of halogens is 1. The fourth-order valence-corrected chi connectivity index (χ4v) is 1.80. The van der Waals surface area contributed by atoms with Crippen molar-refractivity contribution < 1.29 is 14.3 Å². The molecule has 0 spiro atoms. The Kier molecular flexibility index (Phi) is 5.22. The molecule has 1 unspecified atom stereocenters. The zero-order valence-corrected chi connectivity index (χ0v) is 11.7. The first-order valence-electron chi connectivity index (χ1n) is 5.21. The van der Waals surface area contributed by atoms with Gasteiger partial charge in [-0.25, -0.2) is 0 Å². The van der Waals surface area contributed by atoms with Gasteiger partial charge in [0.2, 0.25) is 0 Å². The van der Waals surface area contributed by atoms with Gasteiger partial charge in [0.05, 0.1) is 7.11 Å². The number of benzene rings is 1. The van der Waals surface area contributed by atoms with Gasteiger partial charge in [-0.3, -0.25) is 4.79 Å². The van der Waals surface area contributed by atoms with Gasteiger partial charge in [-0.05, 0) is 54.1 Å². The van der Waals surface area contributed by atoms with Crippen molar-refractivity contribution in [1.82, 2.24) is 0 Å². The molecule has 92 valence electrons. The van der Waals surface area contributed by atoms with E-state index in [0.29, 0.717) is 17.1 Å². The zero-order valence-electron chi connectivity index (χ0n) is 10.1. The molecule has 0 saturated carbocycles. The molecule has 4 heteroatoms. The summed E-state index contributed by atoms with van der Waals surface area (Å²) in [6, 6.07) is 5.12. The molecule has 0 N–H and O–H groups in total. The maximum atomic E-state index is 11.2. The van der Waals surface area contributed by atoms with Crippen molar-refractivity contribution in [2.24, 2.45) is 0 Å². The molecule has 1 aromatic rings. The van der Waals surface area contributed by atoms with E-state index in [1.54, 1.807) is 25.3 Å². The number of methoxy groups -OCH3 is 1. The van der Waals surface area contributed by atoms with Gasteiger partial charge >= 0.3 is 0 Å². The molecule has 0 aliphatic heterocycles. The number of hydrogen-bond acceptors (Lipinski definition) is 3. The molecule has 0 bridgehead atoms. The number of alkyl halides is 1. The second-order valence-electron chi connectivity index (χ2n) is 3.42. The van der Waals surface area contributed by atoms with Crippen molar-refractivity contribution in [3.63, 3.8) is 0 Å². The maximum absolute atomic E-state index is 11.2. The normalized spacial score (nSPS) is 12.5. The van der Waals surface area contributed by atoms with Gasteiger partial charge < -0.3 is 9.47 Å². The lowest BCUT2D eigenvalue weighted by Gasteiger charge is -2.13. The maximum Gasteiger partial charge on any atom is 0.171 e. The molecule has 0 aromatic heterocycles. The van der Waals surface area contributed by atoms with Gasteiger partial charge in [-0.1, -0.05) is 6.08 Å². The summed E-state index contributed by atoms with van der Waals surface area (Å²) in [7, 11) is 1.55. The predicted molar refractivity (Wildman–Crippen MR) is 71.2 cm³/mol. The molecule has 0 fully saturated rings. The summed E-state index contributed by atoms with van der Waals surface area (Å²) >= 11 is 3.35. The molecule has 1 atom stereocenters. The summed E-state index contributed by atoms with van der Waals surface area (Å²) < 4.78 is 10.8. The molecule has 0 amide bonds. The van der Waals surface area contributed by atoms with E-state index in [1.165, 1.54) is 6.92 Å². The van der Waals surface area contributed by atoms with Gasteiger partial charge in [0.25, 0.3) is 0 Å². The second kappa shape index (κ2) is 6.45. The molecular formula is C13H15BrO3. The largest absolute Gasteiger partial charge is 0.493 e. The fraction of sp³-hybridized carbons (Fsp3) is 0.308. The van der Waals surface area contributed by atoms with Gasteiger partial charge in [-0.15, -0.1) is 0 Å². The SMILES string of the molecule is CC=CC(Br)Oc1ccc(C(C)=O)cc1OC. The van der Waals surface area contributed by atoms with Gasteiger partial charge in [0, 0.05) is 5.56 Å². The van der Waals surface area contributed by atoms with E-state index in [1.807, 2.05) is 19.1 Å². The summed E-state index contributed by atoms with van der Waals surface area (Å²) in [6.07, 6.45) is 3.74. The Hall–Kier alpha value is -1.29. The third kappa shape index (κ3) is 3.89. The van der Waals surface area contributed by atoms with Crippen LogP contribution < -0.4 is 9.47 Å². The lowest BCUT2D eigenvalue weighted by atomic mass is 10.1. The highest BCUT2D eigenvalue weighted by Crippen LogP contribution is 2.30. The van der Waals surface area contributed by atoms with E-state index >= 15 is 0 Å². The Morgan fingerprint density at radius 3 is 2.65 bits per heavy atom. The summed E-state index contributed by atoms with van der Waals surface area (Å²) in [5, 5.41) is -0.218. The lowest BCUT2D eigenvalue weighted by molar-refractivity contribution is 0.101. The lowest BCUT2D eigenvalue weighted by Crippen LogP contribution is -2.05.